The Bertz CT molecular complexity index is 583. The van der Waals surface area contributed by atoms with E-state index in [4.69, 9.17) is 9.47 Å². The Morgan fingerprint density at radius 2 is 2.00 bits per heavy atom. The predicted octanol–water partition coefficient (Wildman–Crippen LogP) is 3.09. The van der Waals surface area contributed by atoms with Gasteiger partial charge in [-0.1, -0.05) is 11.8 Å². The Kier molecular flexibility index (Phi) is 4.47. The van der Waals surface area contributed by atoms with Gasteiger partial charge in [0.05, 0.1) is 18.3 Å². The second-order valence-electron chi connectivity index (χ2n) is 4.93. The average molecular weight is 270 g/mol. The van der Waals surface area contributed by atoms with Gasteiger partial charge in [-0.25, -0.2) is 4.79 Å². The summed E-state index contributed by atoms with van der Waals surface area (Å²) in [4.78, 5) is 11.4. The smallest absolute Gasteiger partial charge is 0.335 e. The van der Waals surface area contributed by atoms with Gasteiger partial charge in [0.15, 0.2) is 0 Å². The van der Waals surface area contributed by atoms with Gasteiger partial charge in [-0.2, -0.15) is 0 Å². The Morgan fingerprint density at radius 3 is 2.55 bits per heavy atom. The highest BCUT2D eigenvalue weighted by Gasteiger charge is 2.20. The molecule has 1 heterocycles. The zero-order valence-corrected chi connectivity index (χ0v) is 12.0. The minimum atomic E-state index is -0.238. The number of ether oxygens (including phenoxy) is 2. The molecule has 0 radical (unpaired) electrons. The largest absolute Gasteiger partial charge is 0.491 e. The summed E-state index contributed by atoms with van der Waals surface area (Å²) in [5.41, 5.74) is 2.37. The van der Waals surface area contributed by atoms with Gasteiger partial charge in [-0.05, 0) is 45.0 Å². The van der Waals surface area contributed by atoms with E-state index in [-0.39, 0.29) is 12.1 Å². The monoisotopic (exact) mass is 270 g/mol. The summed E-state index contributed by atoms with van der Waals surface area (Å²) < 4.78 is 10.5. The molecule has 1 aromatic rings. The molecule has 2 rings (SSSR count). The molecule has 0 amide bonds. The van der Waals surface area contributed by atoms with E-state index in [1.165, 1.54) is 0 Å². The van der Waals surface area contributed by atoms with Crippen molar-refractivity contribution in [3.05, 3.63) is 41.0 Å². The van der Waals surface area contributed by atoms with Gasteiger partial charge in [0.1, 0.15) is 5.75 Å². The first-order valence-electron chi connectivity index (χ1n) is 6.72. The van der Waals surface area contributed by atoms with Crippen LogP contribution in [-0.2, 0) is 9.53 Å². The van der Waals surface area contributed by atoms with Crippen molar-refractivity contribution in [3.8, 4) is 17.6 Å². The van der Waals surface area contributed by atoms with Crippen LogP contribution >= 0.6 is 0 Å². The van der Waals surface area contributed by atoms with E-state index in [0.29, 0.717) is 18.6 Å². The number of rotatable bonds is 2. The quantitative estimate of drug-likeness (QED) is 0.470. The molecule has 1 aliphatic heterocycles. The van der Waals surface area contributed by atoms with E-state index >= 15 is 0 Å². The van der Waals surface area contributed by atoms with E-state index in [0.717, 1.165) is 16.9 Å². The fraction of sp³-hybridized carbons (Fsp3) is 0.353. The summed E-state index contributed by atoms with van der Waals surface area (Å²) in [7, 11) is 0. The van der Waals surface area contributed by atoms with Crippen molar-refractivity contribution in [2.45, 2.75) is 33.3 Å². The molecule has 1 fully saturated rings. The molecule has 0 aliphatic carbocycles. The SMILES string of the molecule is C/C(C#Cc1ccc(OC(C)C)cc1)=C1\CCOC1=O. The van der Waals surface area contributed by atoms with E-state index in [2.05, 4.69) is 11.8 Å². The topological polar surface area (TPSA) is 35.5 Å². The van der Waals surface area contributed by atoms with Crippen molar-refractivity contribution >= 4 is 5.97 Å². The van der Waals surface area contributed by atoms with Crippen molar-refractivity contribution in [2.75, 3.05) is 6.61 Å². The predicted molar refractivity (Wildman–Crippen MR) is 77.4 cm³/mol. The number of esters is 1. The Labute approximate surface area is 119 Å². The van der Waals surface area contributed by atoms with E-state index in [9.17, 15) is 4.79 Å². The van der Waals surface area contributed by atoms with Crippen LogP contribution in [-0.4, -0.2) is 18.7 Å². The third-order valence-electron chi connectivity index (χ3n) is 2.90. The normalized spacial score (nSPS) is 16.5. The molecule has 20 heavy (non-hydrogen) atoms. The molecule has 0 N–H and O–H groups in total. The third-order valence-corrected chi connectivity index (χ3v) is 2.90. The number of allylic oxidation sites excluding steroid dienone is 1. The molecule has 0 aromatic heterocycles. The molecule has 0 bridgehead atoms. The lowest BCUT2D eigenvalue weighted by molar-refractivity contribution is -0.135. The standard InChI is InChI=1S/C17H18O3/c1-12(2)20-15-8-6-14(7-9-15)5-4-13(3)16-10-11-19-17(16)18/h6-9,12H,10-11H2,1-3H3/b16-13-. The van der Waals surface area contributed by atoms with Gasteiger partial charge in [-0.3, -0.25) is 0 Å². The summed E-state index contributed by atoms with van der Waals surface area (Å²) in [6.45, 7) is 6.30. The average Bonchev–Trinajstić information content (AvgIpc) is 2.83. The van der Waals surface area contributed by atoms with Gasteiger partial charge >= 0.3 is 5.97 Å². The first-order valence-corrected chi connectivity index (χ1v) is 6.72. The zero-order valence-electron chi connectivity index (χ0n) is 12.0. The van der Waals surface area contributed by atoms with Crippen LogP contribution in [0, 0.1) is 11.8 Å². The van der Waals surface area contributed by atoms with Crippen LogP contribution in [0.2, 0.25) is 0 Å². The number of carbonyl (C=O) groups excluding carboxylic acids is 1. The summed E-state index contributed by atoms with van der Waals surface area (Å²) in [6, 6.07) is 7.62. The van der Waals surface area contributed by atoms with E-state index in [1.807, 2.05) is 45.0 Å². The molecule has 1 aliphatic rings. The minimum Gasteiger partial charge on any atom is -0.491 e. The Hall–Kier alpha value is -2.21. The van der Waals surface area contributed by atoms with Gasteiger partial charge in [-0.15, -0.1) is 0 Å². The minimum absolute atomic E-state index is 0.160. The zero-order chi connectivity index (χ0) is 14.5. The maximum absolute atomic E-state index is 11.4. The van der Waals surface area contributed by atoms with Crippen LogP contribution < -0.4 is 4.74 Å². The molecule has 0 unspecified atom stereocenters. The Balaban J connectivity index is 2.11. The molecule has 0 saturated carbocycles. The highest BCUT2D eigenvalue weighted by atomic mass is 16.5. The Morgan fingerprint density at radius 1 is 1.30 bits per heavy atom. The maximum atomic E-state index is 11.4. The van der Waals surface area contributed by atoms with Crippen LogP contribution in [0.5, 0.6) is 5.75 Å². The van der Waals surface area contributed by atoms with Gasteiger partial charge in [0, 0.05) is 17.6 Å². The molecular formula is C17H18O3. The highest BCUT2D eigenvalue weighted by Crippen LogP contribution is 2.17. The van der Waals surface area contributed by atoms with Crippen LogP contribution in [0.15, 0.2) is 35.4 Å². The second-order valence-corrected chi connectivity index (χ2v) is 4.93. The van der Waals surface area contributed by atoms with Crippen LogP contribution in [0.4, 0.5) is 0 Å². The second kappa shape index (κ2) is 6.29. The summed E-state index contributed by atoms with van der Waals surface area (Å²) in [5, 5.41) is 0. The van der Waals surface area contributed by atoms with Gasteiger partial charge < -0.3 is 9.47 Å². The summed E-state index contributed by atoms with van der Waals surface area (Å²) >= 11 is 0. The lowest BCUT2D eigenvalue weighted by Gasteiger charge is -2.08. The maximum Gasteiger partial charge on any atom is 0.335 e. The molecule has 1 saturated heterocycles. The van der Waals surface area contributed by atoms with Crippen molar-refractivity contribution in [1.82, 2.24) is 0 Å². The lowest BCUT2D eigenvalue weighted by atomic mass is 10.1. The lowest BCUT2D eigenvalue weighted by Crippen LogP contribution is -2.05. The van der Waals surface area contributed by atoms with Crippen molar-refractivity contribution in [1.29, 1.82) is 0 Å². The highest BCUT2D eigenvalue weighted by molar-refractivity contribution is 5.92. The molecule has 0 atom stereocenters. The fourth-order valence-electron chi connectivity index (χ4n) is 1.91. The summed E-state index contributed by atoms with van der Waals surface area (Å²) in [6.07, 6.45) is 0.813. The summed E-state index contributed by atoms with van der Waals surface area (Å²) in [5.74, 6) is 6.67. The van der Waals surface area contributed by atoms with Gasteiger partial charge in [0.25, 0.3) is 0 Å². The molecule has 3 heteroatoms. The fourth-order valence-corrected chi connectivity index (χ4v) is 1.91. The number of benzene rings is 1. The first kappa shape index (κ1) is 14.2. The molecule has 104 valence electrons. The number of carbonyl (C=O) groups is 1. The number of hydrogen-bond acceptors (Lipinski definition) is 3. The third kappa shape index (κ3) is 3.64. The molecule has 1 aromatic carbocycles. The van der Waals surface area contributed by atoms with Crippen LogP contribution in [0.3, 0.4) is 0 Å². The van der Waals surface area contributed by atoms with Crippen LogP contribution in [0.1, 0.15) is 32.8 Å². The van der Waals surface area contributed by atoms with Crippen molar-refractivity contribution < 1.29 is 14.3 Å². The molecule has 0 spiro atoms. The number of cyclic esters (lactones) is 1. The van der Waals surface area contributed by atoms with E-state index < -0.39 is 0 Å². The van der Waals surface area contributed by atoms with E-state index in [1.54, 1.807) is 0 Å². The van der Waals surface area contributed by atoms with Crippen molar-refractivity contribution in [3.63, 3.8) is 0 Å². The molecule has 3 nitrogen and oxygen atoms in total. The number of hydrogen-bond donors (Lipinski definition) is 0. The first-order chi connectivity index (χ1) is 9.56. The van der Waals surface area contributed by atoms with Gasteiger partial charge in [0.2, 0.25) is 0 Å². The van der Waals surface area contributed by atoms with Crippen LogP contribution in [0.25, 0.3) is 0 Å². The molecular weight excluding hydrogens is 252 g/mol. The van der Waals surface area contributed by atoms with Crippen molar-refractivity contribution in [2.24, 2.45) is 0 Å².